The van der Waals surface area contributed by atoms with Crippen molar-refractivity contribution < 1.29 is 13.2 Å². The molecule has 0 atom stereocenters. The third kappa shape index (κ3) is 4.36. The van der Waals surface area contributed by atoms with Crippen LogP contribution in [0.3, 0.4) is 0 Å². The Morgan fingerprint density at radius 1 is 0.714 bits per heavy atom. The Labute approximate surface area is 207 Å². The van der Waals surface area contributed by atoms with Crippen molar-refractivity contribution in [3.63, 3.8) is 0 Å². The normalized spacial score (nSPS) is 26.9. The van der Waals surface area contributed by atoms with Crippen LogP contribution < -0.4 is 10.0 Å². The standard InChI is InChI=1S/C29H30N2O3S/c32-28(23-6-10-26(11-7-23)31-35(33,34)27-4-2-1-3-5-27)30-25-12-8-24(9-13-25)29-17-20-14-21(18-29)16-22(15-20)19-29/h1-13,20-22,31H,14-19H2,(H,30,32). The van der Waals surface area contributed by atoms with E-state index >= 15 is 0 Å². The van der Waals surface area contributed by atoms with Crippen LogP contribution in [0, 0.1) is 17.8 Å². The number of anilines is 2. The van der Waals surface area contributed by atoms with Crippen LogP contribution in [0.4, 0.5) is 11.4 Å². The van der Waals surface area contributed by atoms with Crippen molar-refractivity contribution in [1.29, 1.82) is 0 Å². The second-order valence-corrected chi connectivity index (χ2v) is 12.4. The summed E-state index contributed by atoms with van der Waals surface area (Å²) in [5.41, 5.74) is 3.44. The molecule has 7 rings (SSSR count). The highest BCUT2D eigenvalue weighted by Crippen LogP contribution is 2.60. The second kappa shape index (κ2) is 8.52. The van der Waals surface area contributed by atoms with Gasteiger partial charge in [-0.3, -0.25) is 9.52 Å². The van der Waals surface area contributed by atoms with Crippen LogP contribution in [0.1, 0.15) is 54.4 Å². The van der Waals surface area contributed by atoms with E-state index in [1.807, 2.05) is 12.1 Å². The summed E-state index contributed by atoms with van der Waals surface area (Å²) in [5.74, 6) is 2.49. The first-order chi connectivity index (χ1) is 16.9. The van der Waals surface area contributed by atoms with Gasteiger partial charge >= 0.3 is 0 Å². The van der Waals surface area contributed by atoms with Gasteiger partial charge in [0, 0.05) is 16.9 Å². The van der Waals surface area contributed by atoms with Gasteiger partial charge in [-0.15, -0.1) is 0 Å². The van der Waals surface area contributed by atoms with Gasteiger partial charge in [0.05, 0.1) is 4.90 Å². The van der Waals surface area contributed by atoms with Crippen LogP contribution in [0.25, 0.3) is 0 Å². The van der Waals surface area contributed by atoms with Crippen molar-refractivity contribution >= 4 is 27.3 Å². The Bertz CT molecular complexity index is 1300. The number of benzene rings is 3. The molecule has 0 saturated heterocycles. The number of hydrogen-bond donors (Lipinski definition) is 2. The van der Waals surface area contributed by atoms with E-state index in [-0.39, 0.29) is 10.8 Å². The third-order valence-electron chi connectivity index (χ3n) is 8.25. The van der Waals surface area contributed by atoms with E-state index in [2.05, 4.69) is 22.2 Å². The van der Waals surface area contributed by atoms with Crippen LogP contribution >= 0.6 is 0 Å². The lowest BCUT2D eigenvalue weighted by Crippen LogP contribution is -2.48. The van der Waals surface area contributed by atoms with E-state index in [9.17, 15) is 13.2 Å². The highest BCUT2D eigenvalue weighted by molar-refractivity contribution is 7.92. The van der Waals surface area contributed by atoms with Crippen LogP contribution in [-0.4, -0.2) is 14.3 Å². The Morgan fingerprint density at radius 2 is 1.26 bits per heavy atom. The molecule has 3 aromatic carbocycles. The van der Waals surface area contributed by atoms with Crippen molar-refractivity contribution in [2.45, 2.75) is 48.8 Å². The maximum atomic E-state index is 12.8. The minimum atomic E-state index is -3.67. The maximum absolute atomic E-state index is 12.8. The predicted molar refractivity (Wildman–Crippen MR) is 138 cm³/mol. The van der Waals surface area contributed by atoms with E-state index < -0.39 is 10.0 Å². The molecule has 2 N–H and O–H groups in total. The van der Waals surface area contributed by atoms with E-state index in [4.69, 9.17) is 0 Å². The van der Waals surface area contributed by atoms with Gasteiger partial charge in [0.15, 0.2) is 0 Å². The second-order valence-electron chi connectivity index (χ2n) is 10.7. The van der Waals surface area contributed by atoms with E-state index in [0.29, 0.717) is 16.7 Å². The number of rotatable bonds is 6. The summed E-state index contributed by atoms with van der Waals surface area (Å²) in [7, 11) is -3.67. The Morgan fingerprint density at radius 3 is 1.83 bits per heavy atom. The molecule has 3 aromatic rings. The average Bonchev–Trinajstić information content (AvgIpc) is 2.84. The number of hydrogen-bond acceptors (Lipinski definition) is 3. The molecule has 1 amide bonds. The Kier molecular flexibility index (Phi) is 5.44. The molecule has 0 radical (unpaired) electrons. The molecule has 4 bridgehead atoms. The number of sulfonamides is 1. The first-order valence-corrected chi connectivity index (χ1v) is 14.0. The van der Waals surface area contributed by atoms with Crippen LogP contribution in [0.5, 0.6) is 0 Å². The van der Waals surface area contributed by atoms with Crippen molar-refractivity contribution in [3.8, 4) is 0 Å². The number of amides is 1. The molecule has 35 heavy (non-hydrogen) atoms. The van der Waals surface area contributed by atoms with Gasteiger partial charge in [-0.25, -0.2) is 8.42 Å². The summed E-state index contributed by atoms with van der Waals surface area (Å²) in [4.78, 5) is 13.0. The summed E-state index contributed by atoms with van der Waals surface area (Å²) in [6, 6.07) is 23.1. The van der Waals surface area contributed by atoms with E-state index in [0.717, 1.165) is 23.4 Å². The van der Waals surface area contributed by atoms with Crippen LogP contribution in [0.15, 0.2) is 83.8 Å². The van der Waals surface area contributed by atoms with E-state index in [1.165, 1.54) is 44.1 Å². The predicted octanol–water partition coefficient (Wildman–Crippen LogP) is 6.21. The monoisotopic (exact) mass is 486 g/mol. The molecule has 4 aliphatic carbocycles. The number of carbonyl (C=O) groups is 1. The molecule has 6 heteroatoms. The molecule has 0 aromatic heterocycles. The van der Waals surface area contributed by atoms with Crippen molar-refractivity contribution in [3.05, 3.63) is 90.0 Å². The number of nitrogens with one attached hydrogen (secondary N) is 2. The minimum absolute atomic E-state index is 0.193. The van der Waals surface area contributed by atoms with Crippen molar-refractivity contribution in [1.82, 2.24) is 0 Å². The van der Waals surface area contributed by atoms with Gasteiger partial charge in [0.1, 0.15) is 0 Å². The quantitative estimate of drug-likeness (QED) is 0.435. The Hall–Kier alpha value is -3.12. The minimum Gasteiger partial charge on any atom is -0.322 e. The summed E-state index contributed by atoms with van der Waals surface area (Å²) < 4.78 is 27.5. The topological polar surface area (TPSA) is 75.3 Å². The molecule has 4 aliphatic rings. The molecule has 4 saturated carbocycles. The fourth-order valence-electron chi connectivity index (χ4n) is 7.08. The summed E-state index contributed by atoms with van der Waals surface area (Å²) in [5, 5.41) is 2.98. The fourth-order valence-corrected chi connectivity index (χ4v) is 8.16. The molecular formula is C29H30N2O3S. The lowest BCUT2D eigenvalue weighted by atomic mass is 9.48. The van der Waals surface area contributed by atoms with Gasteiger partial charge in [-0.1, -0.05) is 30.3 Å². The zero-order valence-electron chi connectivity index (χ0n) is 19.6. The van der Waals surface area contributed by atoms with Gasteiger partial charge < -0.3 is 5.32 Å². The SMILES string of the molecule is O=C(Nc1ccc(C23CC4CC(CC(C4)C2)C3)cc1)c1ccc(NS(=O)(=O)c2ccccc2)cc1. The largest absolute Gasteiger partial charge is 0.322 e. The molecule has 0 heterocycles. The zero-order valence-corrected chi connectivity index (χ0v) is 20.4. The molecule has 180 valence electrons. The first kappa shape index (κ1) is 22.4. The van der Waals surface area contributed by atoms with Crippen LogP contribution in [0.2, 0.25) is 0 Å². The molecule has 5 nitrogen and oxygen atoms in total. The van der Waals surface area contributed by atoms with Crippen molar-refractivity contribution in [2.24, 2.45) is 17.8 Å². The van der Waals surface area contributed by atoms with Gasteiger partial charge in [0.2, 0.25) is 0 Å². The van der Waals surface area contributed by atoms with Crippen LogP contribution in [-0.2, 0) is 15.4 Å². The molecule has 0 spiro atoms. The first-order valence-electron chi connectivity index (χ1n) is 12.5. The van der Waals surface area contributed by atoms with E-state index in [1.54, 1.807) is 54.6 Å². The highest BCUT2D eigenvalue weighted by atomic mass is 32.2. The summed E-state index contributed by atoms with van der Waals surface area (Å²) in [6.45, 7) is 0. The lowest BCUT2D eigenvalue weighted by molar-refractivity contribution is -0.00518. The number of carbonyl (C=O) groups excluding carboxylic acids is 1. The van der Waals surface area contributed by atoms with Gasteiger partial charge in [0.25, 0.3) is 15.9 Å². The van der Waals surface area contributed by atoms with Gasteiger partial charge in [-0.2, -0.15) is 0 Å². The van der Waals surface area contributed by atoms with Gasteiger partial charge in [-0.05, 0) is 116 Å². The zero-order chi connectivity index (χ0) is 24.0. The van der Waals surface area contributed by atoms with Crippen molar-refractivity contribution in [2.75, 3.05) is 10.0 Å². The molecular weight excluding hydrogens is 456 g/mol. The molecule has 0 aliphatic heterocycles. The third-order valence-corrected chi connectivity index (χ3v) is 9.64. The molecule has 0 unspecified atom stereocenters. The summed E-state index contributed by atoms with van der Waals surface area (Å²) >= 11 is 0. The summed E-state index contributed by atoms with van der Waals surface area (Å²) in [6.07, 6.45) is 8.26. The average molecular weight is 487 g/mol. The maximum Gasteiger partial charge on any atom is 0.261 e. The fraction of sp³-hybridized carbons (Fsp3) is 0.345. The highest BCUT2D eigenvalue weighted by Gasteiger charge is 2.51. The Balaban J connectivity index is 1.11. The lowest BCUT2D eigenvalue weighted by Gasteiger charge is -2.57. The smallest absolute Gasteiger partial charge is 0.261 e. The molecule has 4 fully saturated rings.